The molecule has 0 spiro atoms. The summed E-state index contributed by atoms with van der Waals surface area (Å²) in [6.07, 6.45) is 2.68. The lowest BCUT2D eigenvalue weighted by Crippen LogP contribution is -2.23. The van der Waals surface area contributed by atoms with Crippen molar-refractivity contribution in [2.24, 2.45) is 0 Å². The molecule has 2 aromatic rings. The van der Waals surface area contributed by atoms with Crippen molar-refractivity contribution in [3.8, 4) is 0 Å². The van der Waals surface area contributed by atoms with Gasteiger partial charge >= 0.3 is 0 Å². The van der Waals surface area contributed by atoms with Crippen molar-refractivity contribution in [1.82, 2.24) is 15.0 Å². The molecule has 1 saturated carbocycles. The molecule has 1 N–H and O–H groups in total. The third-order valence-corrected chi connectivity index (χ3v) is 3.71. The molecule has 0 atom stereocenters. The van der Waals surface area contributed by atoms with E-state index in [1.165, 1.54) is 0 Å². The van der Waals surface area contributed by atoms with E-state index in [1.54, 1.807) is 19.0 Å². The molecule has 116 valence electrons. The van der Waals surface area contributed by atoms with Gasteiger partial charge in [0.2, 0.25) is 11.8 Å². The standard InChI is InChI=1S/C16H20N4O2/c1-20(2)15(21)9-12-5-3-4-6-13(12)17-10-14-18-16(19-22-14)11-7-8-11/h3-6,11,17H,7-10H2,1-2H3. The van der Waals surface area contributed by atoms with E-state index in [1.807, 2.05) is 24.3 Å². The van der Waals surface area contributed by atoms with Gasteiger partial charge in [0.15, 0.2) is 5.82 Å². The number of hydrogen-bond donors (Lipinski definition) is 1. The zero-order valence-corrected chi connectivity index (χ0v) is 12.9. The second-order valence-electron chi connectivity index (χ2n) is 5.80. The van der Waals surface area contributed by atoms with E-state index in [0.717, 1.165) is 29.9 Å². The number of aromatic nitrogens is 2. The predicted molar refractivity (Wildman–Crippen MR) is 82.4 cm³/mol. The van der Waals surface area contributed by atoms with Crippen LogP contribution >= 0.6 is 0 Å². The van der Waals surface area contributed by atoms with Crippen LogP contribution in [0.2, 0.25) is 0 Å². The van der Waals surface area contributed by atoms with Gasteiger partial charge < -0.3 is 14.7 Å². The van der Waals surface area contributed by atoms with E-state index in [-0.39, 0.29) is 5.91 Å². The van der Waals surface area contributed by atoms with Crippen LogP contribution in [0.3, 0.4) is 0 Å². The first-order valence-corrected chi connectivity index (χ1v) is 7.48. The summed E-state index contributed by atoms with van der Waals surface area (Å²) < 4.78 is 5.25. The summed E-state index contributed by atoms with van der Waals surface area (Å²) in [5.74, 6) is 1.95. The lowest BCUT2D eigenvalue weighted by atomic mass is 10.1. The molecule has 1 heterocycles. The molecular formula is C16H20N4O2. The summed E-state index contributed by atoms with van der Waals surface area (Å²) in [6.45, 7) is 0.465. The summed E-state index contributed by atoms with van der Waals surface area (Å²) in [5, 5.41) is 7.28. The van der Waals surface area contributed by atoms with Gasteiger partial charge in [-0.05, 0) is 24.5 Å². The van der Waals surface area contributed by atoms with E-state index >= 15 is 0 Å². The highest BCUT2D eigenvalue weighted by Crippen LogP contribution is 2.38. The maximum Gasteiger partial charge on any atom is 0.245 e. The average molecular weight is 300 g/mol. The van der Waals surface area contributed by atoms with E-state index in [0.29, 0.717) is 24.8 Å². The van der Waals surface area contributed by atoms with Gasteiger partial charge in [0.25, 0.3) is 0 Å². The molecule has 1 aromatic heterocycles. The van der Waals surface area contributed by atoms with E-state index in [4.69, 9.17) is 4.52 Å². The number of para-hydroxylation sites is 1. The number of likely N-dealkylation sites (N-methyl/N-ethyl adjacent to an activating group) is 1. The normalized spacial score (nSPS) is 13.9. The third kappa shape index (κ3) is 3.44. The number of anilines is 1. The number of nitrogens with one attached hydrogen (secondary N) is 1. The van der Waals surface area contributed by atoms with E-state index < -0.39 is 0 Å². The lowest BCUT2D eigenvalue weighted by molar-refractivity contribution is -0.127. The molecule has 1 amide bonds. The Morgan fingerprint density at radius 3 is 2.86 bits per heavy atom. The molecule has 1 aromatic carbocycles. The Morgan fingerprint density at radius 1 is 1.36 bits per heavy atom. The molecular weight excluding hydrogens is 280 g/mol. The van der Waals surface area contributed by atoms with Gasteiger partial charge in [0.05, 0.1) is 13.0 Å². The first-order chi connectivity index (χ1) is 10.6. The summed E-state index contributed by atoms with van der Waals surface area (Å²) in [5.41, 5.74) is 1.88. The second kappa shape index (κ2) is 6.17. The van der Waals surface area contributed by atoms with Crippen molar-refractivity contribution in [2.75, 3.05) is 19.4 Å². The van der Waals surface area contributed by atoms with Crippen LogP contribution in [0.1, 0.15) is 36.0 Å². The third-order valence-electron chi connectivity index (χ3n) is 3.71. The highest BCUT2D eigenvalue weighted by atomic mass is 16.5. The minimum absolute atomic E-state index is 0.0723. The number of nitrogens with zero attached hydrogens (tertiary/aromatic N) is 3. The molecule has 0 radical (unpaired) electrons. The first kappa shape index (κ1) is 14.6. The Kier molecular flexibility index (Phi) is 4.09. The molecule has 1 fully saturated rings. The predicted octanol–water partition coefficient (Wildman–Crippen LogP) is 2.19. The number of carbonyl (C=O) groups excluding carboxylic acids is 1. The van der Waals surface area contributed by atoms with Crippen LogP contribution in [0.15, 0.2) is 28.8 Å². The number of rotatable bonds is 6. The van der Waals surface area contributed by atoms with Gasteiger partial charge in [-0.15, -0.1) is 0 Å². The van der Waals surface area contributed by atoms with Crippen LogP contribution in [0, 0.1) is 0 Å². The fourth-order valence-corrected chi connectivity index (χ4v) is 2.19. The topological polar surface area (TPSA) is 71.3 Å². The zero-order valence-electron chi connectivity index (χ0n) is 12.9. The van der Waals surface area contributed by atoms with E-state index in [2.05, 4.69) is 15.5 Å². The smallest absolute Gasteiger partial charge is 0.245 e. The first-order valence-electron chi connectivity index (χ1n) is 7.48. The minimum Gasteiger partial charge on any atom is -0.376 e. The second-order valence-corrected chi connectivity index (χ2v) is 5.80. The van der Waals surface area contributed by atoms with Crippen molar-refractivity contribution in [3.63, 3.8) is 0 Å². The molecule has 0 aliphatic heterocycles. The summed E-state index contributed by atoms with van der Waals surface area (Å²) in [4.78, 5) is 17.9. The molecule has 6 nitrogen and oxygen atoms in total. The molecule has 0 bridgehead atoms. The number of amides is 1. The lowest BCUT2D eigenvalue weighted by Gasteiger charge is -2.13. The Hall–Kier alpha value is -2.37. The fraction of sp³-hybridized carbons (Fsp3) is 0.438. The minimum atomic E-state index is 0.0723. The number of carbonyl (C=O) groups is 1. The molecule has 0 saturated heterocycles. The Morgan fingerprint density at radius 2 is 2.14 bits per heavy atom. The van der Waals surface area contributed by atoms with Crippen molar-refractivity contribution in [1.29, 1.82) is 0 Å². The van der Waals surface area contributed by atoms with Crippen LogP contribution in [0.5, 0.6) is 0 Å². The molecule has 6 heteroatoms. The monoisotopic (exact) mass is 300 g/mol. The van der Waals surface area contributed by atoms with Crippen molar-refractivity contribution in [2.45, 2.75) is 31.7 Å². The van der Waals surface area contributed by atoms with E-state index in [9.17, 15) is 4.79 Å². The molecule has 1 aliphatic carbocycles. The highest BCUT2D eigenvalue weighted by Gasteiger charge is 2.28. The number of hydrogen-bond acceptors (Lipinski definition) is 5. The molecule has 0 unspecified atom stereocenters. The highest BCUT2D eigenvalue weighted by molar-refractivity contribution is 5.80. The maximum atomic E-state index is 11.9. The van der Waals surface area contributed by atoms with Crippen LogP contribution in [-0.4, -0.2) is 35.0 Å². The summed E-state index contributed by atoms with van der Waals surface area (Å²) in [6, 6.07) is 7.78. The van der Waals surface area contributed by atoms with Gasteiger partial charge in [-0.3, -0.25) is 4.79 Å². The van der Waals surface area contributed by atoms with Crippen LogP contribution in [0.25, 0.3) is 0 Å². The maximum absolute atomic E-state index is 11.9. The Bertz CT molecular complexity index is 662. The van der Waals surface area contributed by atoms with Gasteiger partial charge in [0.1, 0.15) is 0 Å². The van der Waals surface area contributed by atoms with Crippen LogP contribution < -0.4 is 5.32 Å². The molecule has 22 heavy (non-hydrogen) atoms. The van der Waals surface area contributed by atoms with Crippen LogP contribution in [-0.2, 0) is 17.8 Å². The molecule has 3 rings (SSSR count). The SMILES string of the molecule is CN(C)C(=O)Cc1ccccc1NCc1nc(C2CC2)no1. The Labute approximate surface area is 129 Å². The zero-order chi connectivity index (χ0) is 15.5. The van der Waals surface area contributed by atoms with Crippen molar-refractivity contribution in [3.05, 3.63) is 41.5 Å². The van der Waals surface area contributed by atoms with Gasteiger partial charge in [-0.25, -0.2) is 0 Å². The summed E-state index contributed by atoms with van der Waals surface area (Å²) >= 11 is 0. The summed E-state index contributed by atoms with van der Waals surface area (Å²) in [7, 11) is 3.52. The van der Waals surface area contributed by atoms with Crippen LogP contribution in [0.4, 0.5) is 5.69 Å². The number of benzene rings is 1. The Balaban J connectivity index is 1.64. The van der Waals surface area contributed by atoms with Gasteiger partial charge in [-0.1, -0.05) is 23.4 Å². The average Bonchev–Trinajstić information content (AvgIpc) is 3.25. The van der Waals surface area contributed by atoms with Crippen molar-refractivity contribution >= 4 is 11.6 Å². The largest absolute Gasteiger partial charge is 0.376 e. The van der Waals surface area contributed by atoms with Crippen molar-refractivity contribution < 1.29 is 9.32 Å². The quantitative estimate of drug-likeness (QED) is 0.885. The molecule has 1 aliphatic rings. The van der Waals surface area contributed by atoms with Gasteiger partial charge in [0, 0.05) is 25.7 Å². The van der Waals surface area contributed by atoms with Gasteiger partial charge in [-0.2, -0.15) is 4.98 Å². The fourth-order valence-electron chi connectivity index (χ4n) is 2.19.